The summed E-state index contributed by atoms with van der Waals surface area (Å²) in [5.41, 5.74) is 2.18. The van der Waals surface area contributed by atoms with Gasteiger partial charge in [0.15, 0.2) is 0 Å². The number of aryl methyl sites for hydroxylation is 1. The van der Waals surface area contributed by atoms with E-state index in [4.69, 9.17) is 0 Å². The van der Waals surface area contributed by atoms with Gasteiger partial charge in [-0.3, -0.25) is 4.79 Å². The molecule has 19 heavy (non-hydrogen) atoms. The molecule has 1 aromatic rings. The van der Waals surface area contributed by atoms with Gasteiger partial charge in [0.25, 0.3) is 0 Å². The molecular formula is C16H22BrNO. The van der Waals surface area contributed by atoms with Crippen LogP contribution in [0.5, 0.6) is 0 Å². The lowest BCUT2D eigenvalue weighted by molar-refractivity contribution is -0.117. The summed E-state index contributed by atoms with van der Waals surface area (Å²) in [6.45, 7) is 0. The molecule has 2 nitrogen and oxygen atoms in total. The van der Waals surface area contributed by atoms with Crippen LogP contribution in [0.2, 0.25) is 0 Å². The topological polar surface area (TPSA) is 29.1 Å². The van der Waals surface area contributed by atoms with E-state index in [0.717, 1.165) is 17.4 Å². The molecule has 1 aliphatic carbocycles. The Morgan fingerprint density at radius 1 is 1.21 bits per heavy atom. The maximum Gasteiger partial charge on any atom is 0.224 e. The molecule has 0 aromatic heterocycles. The van der Waals surface area contributed by atoms with E-state index in [9.17, 15) is 4.79 Å². The van der Waals surface area contributed by atoms with Gasteiger partial charge in [-0.15, -0.1) is 0 Å². The van der Waals surface area contributed by atoms with Crippen LogP contribution >= 0.6 is 15.9 Å². The SMILES string of the molecule is O=C(CC1CCCCC1)Nc1ccccc1CCBr. The van der Waals surface area contributed by atoms with E-state index in [1.807, 2.05) is 18.2 Å². The summed E-state index contributed by atoms with van der Waals surface area (Å²) in [4.78, 5) is 12.1. The molecule has 0 saturated heterocycles. The van der Waals surface area contributed by atoms with Crippen LogP contribution in [0.15, 0.2) is 24.3 Å². The van der Waals surface area contributed by atoms with Crippen molar-refractivity contribution in [2.45, 2.75) is 44.9 Å². The van der Waals surface area contributed by atoms with Gasteiger partial charge < -0.3 is 5.32 Å². The lowest BCUT2D eigenvalue weighted by atomic mass is 9.87. The van der Waals surface area contributed by atoms with Gasteiger partial charge in [0.1, 0.15) is 0 Å². The average molecular weight is 324 g/mol. The van der Waals surface area contributed by atoms with Crippen LogP contribution in [-0.4, -0.2) is 11.2 Å². The van der Waals surface area contributed by atoms with Crippen LogP contribution in [0.25, 0.3) is 0 Å². The van der Waals surface area contributed by atoms with Crippen LogP contribution in [0.4, 0.5) is 5.69 Å². The van der Waals surface area contributed by atoms with Crippen LogP contribution in [0.1, 0.15) is 44.1 Å². The lowest BCUT2D eigenvalue weighted by Gasteiger charge is -2.21. The number of benzene rings is 1. The van der Waals surface area contributed by atoms with Crippen molar-refractivity contribution in [1.29, 1.82) is 0 Å². The van der Waals surface area contributed by atoms with Crippen molar-refractivity contribution in [2.75, 3.05) is 10.6 Å². The highest BCUT2D eigenvalue weighted by atomic mass is 79.9. The van der Waals surface area contributed by atoms with Crippen molar-refractivity contribution >= 4 is 27.5 Å². The number of carbonyl (C=O) groups excluding carboxylic acids is 1. The second-order valence-corrected chi connectivity index (χ2v) is 6.15. The van der Waals surface area contributed by atoms with Crippen molar-refractivity contribution < 1.29 is 4.79 Å². The van der Waals surface area contributed by atoms with E-state index in [-0.39, 0.29) is 5.91 Å². The first-order chi connectivity index (χ1) is 9.29. The molecule has 3 heteroatoms. The summed E-state index contributed by atoms with van der Waals surface area (Å²) < 4.78 is 0. The first-order valence-corrected chi connectivity index (χ1v) is 8.35. The summed E-state index contributed by atoms with van der Waals surface area (Å²) in [6, 6.07) is 8.08. The Bertz CT molecular complexity index is 413. The Hall–Kier alpha value is -0.830. The Morgan fingerprint density at radius 3 is 2.68 bits per heavy atom. The zero-order chi connectivity index (χ0) is 13.5. The van der Waals surface area contributed by atoms with Gasteiger partial charge in [0.2, 0.25) is 5.91 Å². The van der Waals surface area contributed by atoms with Gasteiger partial charge >= 0.3 is 0 Å². The van der Waals surface area contributed by atoms with Crippen LogP contribution in [0, 0.1) is 5.92 Å². The molecule has 1 aliphatic rings. The standard InChI is InChI=1S/C16H22BrNO/c17-11-10-14-8-4-5-9-15(14)18-16(19)12-13-6-2-1-3-7-13/h4-5,8-9,13H,1-3,6-7,10-12H2,(H,18,19). The number of halogens is 1. The zero-order valence-corrected chi connectivity index (χ0v) is 12.9. The predicted molar refractivity (Wildman–Crippen MR) is 83.8 cm³/mol. The highest BCUT2D eigenvalue weighted by molar-refractivity contribution is 9.09. The maximum atomic E-state index is 12.1. The Morgan fingerprint density at radius 2 is 1.95 bits per heavy atom. The molecule has 2 rings (SSSR count). The van der Waals surface area contributed by atoms with Crippen LogP contribution in [-0.2, 0) is 11.2 Å². The van der Waals surface area contributed by atoms with E-state index in [1.54, 1.807) is 0 Å². The molecule has 104 valence electrons. The summed E-state index contributed by atoms with van der Waals surface area (Å²) in [5.74, 6) is 0.769. The van der Waals surface area contributed by atoms with Crippen molar-refractivity contribution in [2.24, 2.45) is 5.92 Å². The first kappa shape index (κ1) is 14.6. The normalized spacial score (nSPS) is 16.3. The van der Waals surface area contributed by atoms with Crippen LogP contribution < -0.4 is 5.32 Å². The molecule has 0 radical (unpaired) electrons. The second kappa shape index (κ2) is 7.68. The smallest absolute Gasteiger partial charge is 0.224 e. The number of nitrogens with one attached hydrogen (secondary N) is 1. The van der Waals surface area contributed by atoms with E-state index in [2.05, 4.69) is 27.3 Å². The van der Waals surface area contributed by atoms with Gasteiger partial charge in [-0.1, -0.05) is 53.4 Å². The van der Waals surface area contributed by atoms with E-state index in [1.165, 1.54) is 37.7 Å². The molecule has 0 unspecified atom stereocenters. The fraction of sp³-hybridized carbons (Fsp3) is 0.562. The van der Waals surface area contributed by atoms with E-state index in [0.29, 0.717) is 12.3 Å². The number of rotatable bonds is 5. The molecule has 1 aromatic carbocycles. The van der Waals surface area contributed by atoms with Crippen molar-refractivity contribution in [3.05, 3.63) is 29.8 Å². The number of hydrogen-bond acceptors (Lipinski definition) is 1. The molecule has 1 saturated carbocycles. The maximum absolute atomic E-state index is 12.1. The quantitative estimate of drug-likeness (QED) is 0.792. The summed E-state index contributed by atoms with van der Waals surface area (Å²) in [7, 11) is 0. The summed E-state index contributed by atoms with van der Waals surface area (Å²) in [5, 5.41) is 4.00. The summed E-state index contributed by atoms with van der Waals surface area (Å²) >= 11 is 3.45. The minimum Gasteiger partial charge on any atom is -0.326 e. The molecule has 0 aliphatic heterocycles. The molecule has 0 spiro atoms. The number of para-hydroxylation sites is 1. The Labute approximate surface area is 124 Å². The average Bonchev–Trinajstić information content (AvgIpc) is 2.42. The second-order valence-electron chi connectivity index (χ2n) is 5.35. The van der Waals surface area contributed by atoms with Gasteiger partial charge in [-0.25, -0.2) is 0 Å². The number of carbonyl (C=O) groups is 1. The zero-order valence-electron chi connectivity index (χ0n) is 11.3. The van der Waals surface area contributed by atoms with Gasteiger partial charge in [0.05, 0.1) is 0 Å². The first-order valence-electron chi connectivity index (χ1n) is 7.23. The molecule has 1 amide bonds. The molecule has 0 bridgehead atoms. The Kier molecular flexibility index (Phi) is 5.90. The van der Waals surface area contributed by atoms with E-state index >= 15 is 0 Å². The minimum absolute atomic E-state index is 0.175. The predicted octanol–water partition coefficient (Wildman–Crippen LogP) is 4.53. The third kappa shape index (κ3) is 4.64. The van der Waals surface area contributed by atoms with Gasteiger partial charge in [0, 0.05) is 17.4 Å². The number of alkyl halides is 1. The van der Waals surface area contributed by atoms with Gasteiger partial charge in [-0.05, 0) is 36.8 Å². The lowest BCUT2D eigenvalue weighted by Crippen LogP contribution is -2.19. The largest absolute Gasteiger partial charge is 0.326 e. The molecular weight excluding hydrogens is 302 g/mol. The molecule has 1 fully saturated rings. The number of anilines is 1. The van der Waals surface area contributed by atoms with Crippen molar-refractivity contribution in [3.8, 4) is 0 Å². The number of amides is 1. The number of hydrogen-bond donors (Lipinski definition) is 1. The van der Waals surface area contributed by atoms with Crippen LogP contribution in [0.3, 0.4) is 0 Å². The fourth-order valence-electron chi connectivity index (χ4n) is 2.82. The molecule has 0 atom stereocenters. The monoisotopic (exact) mass is 323 g/mol. The summed E-state index contributed by atoms with van der Waals surface area (Å²) in [6.07, 6.45) is 7.98. The fourth-order valence-corrected chi connectivity index (χ4v) is 3.24. The van der Waals surface area contributed by atoms with Crippen molar-refractivity contribution in [1.82, 2.24) is 0 Å². The highest BCUT2D eigenvalue weighted by Crippen LogP contribution is 2.27. The third-order valence-corrected chi connectivity index (χ3v) is 4.25. The molecule has 1 N–H and O–H groups in total. The molecule has 0 heterocycles. The van der Waals surface area contributed by atoms with E-state index < -0.39 is 0 Å². The highest BCUT2D eigenvalue weighted by Gasteiger charge is 2.17. The van der Waals surface area contributed by atoms with Gasteiger partial charge in [-0.2, -0.15) is 0 Å². The Balaban J connectivity index is 1.90. The van der Waals surface area contributed by atoms with Crippen molar-refractivity contribution in [3.63, 3.8) is 0 Å². The third-order valence-electron chi connectivity index (χ3n) is 3.85. The minimum atomic E-state index is 0.175.